The first-order valence-electron chi connectivity index (χ1n) is 4.78. The van der Waals surface area contributed by atoms with E-state index in [-0.39, 0.29) is 6.03 Å². The number of nitrogens with zero attached hydrogens (tertiary/aromatic N) is 3. The zero-order valence-corrected chi connectivity index (χ0v) is 7.94. The zero-order valence-electron chi connectivity index (χ0n) is 7.94. The summed E-state index contributed by atoms with van der Waals surface area (Å²) in [7, 11) is 1.88. The standard InChI is InChI=1S/C9H15N3O/c1-10-7-8-12(10)9(13)11-5-3-2-4-6-11/h7-8H,2-6H2,1H3. The summed E-state index contributed by atoms with van der Waals surface area (Å²) in [6.07, 6.45) is 7.23. The Balaban J connectivity index is 2.02. The number of piperidine rings is 1. The summed E-state index contributed by atoms with van der Waals surface area (Å²) in [6.45, 7) is 1.83. The van der Waals surface area contributed by atoms with E-state index < -0.39 is 0 Å². The van der Waals surface area contributed by atoms with Gasteiger partial charge in [-0.3, -0.25) is 4.68 Å². The van der Waals surface area contributed by atoms with Crippen molar-refractivity contribution >= 4 is 6.03 Å². The number of hydrogen-bond acceptors (Lipinski definition) is 1. The van der Waals surface area contributed by atoms with Gasteiger partial charge in [-0.1, -0.05) is 0 Å². The van der Waals surface area contributed by atoms with Gasteiger partial charge in [0.05, 0.1) is 0 Å². The predicted octanol–water partition coefficient (Wildman–Crippen LogP) is 1.28. The van der Waals surface area contributed by atoms with Gasteiger partial charge in [0.25, 0.3) is 0 Å². The highest BCUT2D eigenvalue weighted by Gasteiger charge is 2.18. The van der Waals surface area contributed by atoms with Crippen molar-refractivity contribution in [3.63, 3.8) is 0 Å². The molecule has 0 N–H and O–H groups in total. The van der Waals surface area contributed by atoms with Crippen LogP contribution in [0.3, 0.4) is 0 Å². The molecule has 13 heavy (non-hydrogen) atoms. The summed E-state index contributed by atoms with van der Waals surface area (Å²) in [4.78, 5) is 13.7. The van der Waals surface area contributed by atoms with E-state index in [1.165, 1.54) is 6.42 Å². The van der Waals surface area contributed by atoms with Gasteiger partial charge in [0, 0.05) is 32.5 Å². The molecule has 1 aliphatic heterocycles. The molecule has 0 saturated carbocycles. The lowest BCUT2D eigenvalue weighted by molar-refractivity contribution is 0.178. The van der Waals surface area contributed by atoms with Crippen LogP contribution >= 0.6 is 0 Å². The fourth-order valence-electron chi connectivity index (χ4n) is 1.70. The summed E-state index contributed by atoms with van der Waals surface area (Å²) < 4.78 is 3.45. The predicted molar refractivity (Wildman–Crippen MR) is 49.6 cm³/mol. The average molecular weight is 181 g/mol. The van der Waals surface area contributed by atoms with Crippen LogP contribution in [-0.4, -0.2) is 33.4 Å². The fourth-order valence-corrected chi connectivity index (χ4v) is 1.70. The highest BCUT2D eigenvalue weighted by atomic mass is 16.2. The third-order valence-electron chi connectivity index (χ3n) is 2.59. The Hall–Kier alpha value is -1.19. The number of carbonyl (C=O) groups excluding carboxylic acids is 1. The summed E-state index contributed by atoms with van der Waals surface area (Å²) in [5, 5.41) is 0. The van der Waals surface area contributed by atoms with Gasteiger partial charge in [0.2, 0.25) is 0 Å². The van der Waals surface area contributed by atoms with Gasteiger partial charge < -0.3 is 4.90 Å². The lowest BCUT2D eigenvalue weighted by Crippen LogP contribution is -2.41. The third kappa shape index (κ3) is 1.48. The first kappa shape index (κ1) is 8.41. The molecule has 1 aromatic heterocycles. The monoisotopic (exact) mass is 181 g/mol. The van der Waals surface area contributed by atoms with Gasteiger partial charge in [0.15, 0.2) is 0 Å². The second-order valence-electron chi connectivity index (χ2n) is 3.55. The minimum absolute atomic E-state index is 0.115. The second-order valence-corrected chi connectivity index (χ2v) is 3.55. The highest BCUT2D eigenvalue weighted by molar-refractivity contribution is 5.76. The van der Waals surface area contributed by atoms with Crippen molar-refractivity contribution in [2.24, 2.45) is 7.05 Å². The van der Waals surface area contributed by atoms with Crippen molar-refractivity contribution < 1.29 is 4.79 Å². The zero-order chi connectivity index (χ0) is 9.26. The van der Waals surface area contributed by atoms with Crippen LogP contribution in [0.25, 0.3) is 0 Å². The number of amides is 1. The van der Waals surface area contributed by atoms with Crippen LogP contribution in [0, 0.1) is 0 Å². The van der Waals surface area contributed by atoms with Crippen molar-refractivity contribution in [2.75, 3.05) is 13.1 Å². The van der Waals surface area contributed by atoms with Gasteiger partial charge in [-0.15, -0.1) is 0 Å². The lowest BCUT2D eigenvalue weighted by Gasteiger charge is -2.29. The first-order chi connectivity index (χ1) is 6.29. The van der Waals surface area contributed by atoms with Crippen molar-refractivity contribution in [1.82, 2.24) is 14.3 Å². The molecule has 1 aromatic rings. The van der Waals surface area contributed by atoms with E-state index in [9.17, 15) is 4.79 Å². The molecule has 0 atom stereocenters. The van der Waals surface area contributed by atoms with Gasteiger partial charge in [-0.25, -0.2) is 9.48 Å². The molecule has 4 nitrogen and oxygen atoms in total. The van der Waals surface area contributed by atoms with E-state index in [1.807, 2.05) is 18.1 Å². The molecular weight excluding hydrogens is 166 g/mol. The molecule has 0 unspecified atom stereocenters. The van der Waals surface area contributed by atoms with Crippen molar-refractivity contribution in [3.8, 4) is 0 Å². The van der Waals surface area contributed by atoms with Crippen LogP contribution in [0.15, 0.2) is 12.4 Å². The van der Waals surface area contributed by atoms with Crippen LogP contribution in [0.5, 0.6) is 0 Å². The van der Waals surface area contributed by atoms with Crippen LogP contribution in [0.1, 0.15) is 19.3 Å². The molecule has 0 aliphatic carbocycles. The molecular formula is C9H15N3O. The molecule has 0 bridgehead atoms. The molecule has 2 rings (SSSR count). The van der Waals surface area contributed by atoms with E-state index in [0.29, 0.717) is 0 Å². The summed E-state index contributed by atoms with van der Waals surface area (Å²) in [5.41, 5.74) is 0. The van der Waals surface area contributed by atoms with Gasteiger partial charge in [-0.05, 0) is 19.3 Å². The number of carbonyl (C=O) groups is 1. The maximum absolute atomic E-state index is 11.7. The van der Waals surface area contributed by atoms with E-state index in [4.69, 9.17) is 0 Å². The van der Waals surface area contributed by atoms with Gasteiger partial charge >= 0.3 is 6.03 Å². The molecule has 1 aliphatic rings. The third-order valence-corrected chi connectivity index (χ3v) is 2.59. The maximum atomic E-state index is 11.7. The van der Waals surface area contributed by atoms with Crippen LogP contribution < -0.4 is 0 Å². The van der Waals surface area contributed by atoms with Gasteiger partial charge in [0.1, 0.15) is 0 Å². The quantitative estimate of drug-likeness (QED) is 0.593. The molecule has 1 saturated heterocycles. The van der Waals surface area contributed by atoms with E-state index >= 15 is 0 Å². The lowest BCUT2D eigenvalue weighted by atomic mass is 10.1. The van der Waals surface area contributed by atoms with Crippen molar-refractivity contribution in [2.45, 2.75) is 19.3 Å². The molecule has 4 heteroatoms. The smallest absolute Gasteiger partial charge is 0.323 e. The number of aryl methyl sites for hydroxylation is 1. The Morgan fingerprint density at radius 2 is 1.85 bits per heavy atom. The maximum Gasteiger partial charge on any atom is 0.343 e. The second kappa shape index (κ2) is 3.28. The summed E-state index contributed by atoms with van der Waals surface area (Å²) in [6, 6.07) is 0.115. The largest absolute Gasteiger partial charge is 0.343 e. The molecule has 1 amide bonds. The molecule has 72 valence electrons. The minimum atomic E-state index is 0.115. The first-order valence-corrected chi connectivity index (χ1v) is 4.78. The number of hydrogen-bond donors (Lipinski definition) is 0. The van der Waals surface area contributed by atoms with E-state index in [0.717, 1.165) is 25.9 Å². The summed E-state index contributed by atoms with van der Waals surface area (Å²) in [5.74, 6) is 0. The SMILES string of the molecule is Cn1ccn1C(=O)N1CCCCC1. The van der Waals surface area contributed by atoms with Crippen LogP contribution in [0.2, 0.25) is 0 Å². The Bertz CT molecular complexity index is 294. The van der Waals surface area contributed by atoms with Gasteiger partial charge in [-0.2, -0.15) is 0 Å². The highest BCUT2D eigenvalue weighted by Crippen LogP contribution is 2.10. The Kier molecular flexibility index (Phi) is 2.12. The number of likely N-dealkylation sites (tertiary alicyclic amines) is 1. The Morgan fingerprint density at radius 1 is 1.15 bits per heavy atom. The van der Waals surface area contributed by atoms with Crippen molar-refractivity contribution in [1.29, 1.82) is 0 Å². The average Bonchev–Trinajstić information content (AvgIpc) is 2.17. The molecule has 0 aromatic carbocycles. The normalized spacial score (nSPS) is 17.8. The molecule has 0 radical (unpaired) electrons. The van der Waals surface area contributed by atoms with E-state index in [2.05, 4.69) is 0 Å². The molecule has 1 fully saturated rings. The van der Waals surface area contributed by atoms with Crippen molar-refractivity contribution in [3.05, 3.63) is 12.4 Å². The van der Waals surface area contributed by atoms with Crippen LogP contribution in [-0.2, 0) is 7.05 Å². The molecule has 0 spiro atoms. The van der Waals surface area contributed by atoms with Crippen LogP contribution in [0.4, 0.5) is 4.79 Å². The topological polar surface area (TPSA) is 30.2 Å². The van der Waals surface area contributed by atoms with E-state index in [1.54, 1.807) is 15.6 Å². The Labute approximate surface area is 77.7 Å². The fraction of sp³-hybridized carbons (Fsp3) is 0.667. The molecule has 2 heterocycles. The Morgan fingerprint density at radius 3 is 2.31 bits per heavy atom. The minimum Gasteiger partial charge on any atom is -0.323 e. The summed E-state index contributed by atoms with van der Waals surface area (Å²) >= 11 is 0. The number of aromatic nitrogens is 2. The number of rotatable bonds is 0.